The van der Waals surface area contributed by atoms with Crippen LogP contribution in [0.3, 0.4) is 0 Å². The van der Waals surface area contributed by atoms with Gasteiger partial charge >= 0.3 is 0 Å². The second kappa shape index (κ2) is 9.92. The molecule has 5 aromatic rings. The fourth-order valence-electron chi connectivity index (χ4n) is 3.55. The predicted molar refractivity (Wildman–Crippen MR) is 140 cm³/mol. The van der Waals surface area contributed by atoms with Gasteiger partial charge in [0.1, 0.15) is 10.4 Å². The smallest absolute Gasteiger partial charge is 0.278 e. The standard InChI is InChI=1S/C25H20N4O2S3/c1-2-31-20-13-11-19(12-14-20)28-22-21(34-25(28)32)23(30)29(18-9-4-3-5-10-18)24(27-22)33-16-17-8-6-7-15-26-17/h3-15H,2,16H2,1H3. The van der Waals surface area contributed by atoms with Crippen LogP contribution in [0.5, 0.6) is 5.75 Å². The lowest BCUT2D eigenvalue weighted by molar-refractivity contribution is 0.340. The third-order valence-electron chi connectivity index (χ3n) is 5.07. The van der Waals surface area contributed by atoms with E-state index in [9.17, 15) is 4.79 Å². The van der Waals surface area contributed by atoms with Crippen LogP contribution in [0.1, 0.15) is 12.6 Å². The zero-order chi connectivity index (χ0) is 23.5. The highest BCUT2D eigenvalue weighted by Gasteiger charge is 2.19. The van der Waals surface area contributed by atoms with Crippen molar-refractivity contribution in [3.8, 4) is 17.1 Å². The van der Waals surface area contributed by atoms with E-state index in [4.69, 9.17) is 21.9 Å². The van der Waals surface area contributed by atoms with E-state index in [1.54, 1.807) is 10.8 Å². The van der Waals surface area contributed by atoms with Crippen LogP contribution >= 0.6 is 35.3 Å². The first kappa shape index (κ1) is 22.5. The van der Waals surface area contributed by atoms with Gasteiger partial charge in [0, 0.05) is 17.6 Å². The maximum atomic E-state index is 13.7. The Balaban J connectivity index is 1.68. The van der Waals surface area contributed by atoms with Crippen LogP contribution in [-0.2, 0) is 5.75 Å². The van der Waals surface area contributed by atoms with E-state index in [0.717, 1.165) is 22.8 Å². The van der Waals surface area contributed by atoms with Crippen molar-refractivity contribution >= 4 is 45.7 Å². The Labute approximate surface area is 209 Å². The summed E-state index contributed by atoms with van der Waals surface area (Å²) in [6.07, 6.45) is 1.76. The summed E-state index contributed by atoms with van der Waals surface area (Å²) in [4.78, 5) is 23.1. The lowest BCUT2D eigenvalue weighted by Gasteiger charge is -2.13. The van der Waals surface area contributed by atoms with Crippen LogP contribution in [0.4, 0.5) is 0 Å². The molecular weight excluding hydrogens is 485 g/mol. The molecule has 0 aliphatic heterocycles. The molecule has 170 valence electrons. The largest absolute Gasteiger partial charge is 0.494 e. The molecule has 0 aliphatic rings. The Morgan fingerprint density at radius 1 is 0.971 bits per heavy atom. The van der Waals surface area contributed by atoms with Crippen molar-refractivity contribution in [2.75, 3.05) is 6.61 Å². The molecule has 2 aromatic carbocycles. The fourth-order valence-corrected chi connectivity index (χ4v) is 5.77. The summed E-state index contributed by atoms with van der Waals surface area (Å²) < 4.78 is 10.2. The van der Waals surface area contributed by atoms with E-state index in [0.29, 0.717) is 31.8 Å². The molecule has 0 N–H and O–H groups in total. The Bertz CT molecular complexity index is 1540. The van der Waals surface area contributed by atoms with Gasteiger partial charge in [-0.25, -0.2) is 4.98 Å². The Morgan fingerprint density at radius 2 is 1.71 bits per heavy atom. The Kier molecular flexibility index (Phi) is 6.57. The number of ether oxygens (including phenoxy) is 1. The van der Waals surface area contributed by atoms with Crippen LogP contribution in [0.15, 0.2) is 88.9 Å². The van der Waals surface area contributed by atoms with Crippen molar-refractivity contribution in [2.24, 2.45) is 0 Å². The number of nitrogens with zero attached hydrogens (tertiary/aromatic N) is 4. The van der Waals surface area contributed by atoms with Crippen molar-refractivity contribution in [3.63, 3.8) is 0 Å². The van der Waals surface area contributed by atoms with E-state index in [2.05, 4.69) is 4.98 Å². The maximum Gasteiger partial charge on any atom is 0.278 e. The summed E-state index contributed by atoms with van der Waals surface area (Å²) >= 11 is 8.42. The number of rotatable bonds is 7. The summed E-state index contributed by atoms with van der Waals surface area (Å²) in [5.41, 5.74) is 2.93. The van der Waals surface area contributed by atoms with Gasteiger partial charge in [-0.1, -0.05) is 47.4 Å². The number of fused-ring (bicyclic) bond motifs is 1. The molecule has 3 aromatic heterocycles. The molecule has 0 radical (unpaired) electrons. The lowest BCUT2D eigenvalue weighted by Crippen LogP contribution is -2.21. The first-order valence-corrected chi connectivity index (χ1v) is 12.9. The molecule has 34 heavy (non-hydrogen) atoms. The summed E-state index contributed by atoms with van der Waals surface area (Å²) in [6, 6.07) is 23.0. The van der Waals surface area contributed by atoms with Gasteiger partial charge in [-0.15, -0.1) is 0 Å². The molecule has 0 saturated carbocycles. The number of hydrogen-bond acceptors (Lipinski definition) is 7. The van der Waals surface area contributed by atoms with E-state index >= 15 is 0 Å². The first-order chi connectivity index (χ1) is 16.7. The molecule has 0 fully saturated rings. The van der Waals surface area contributed by atoms with Crippen LogP contribution in [0.2, 0.25) is 0 Å². The number of hydrogen-bond donors (Lipinski definition) is 0. The number of benzene rings is 2. The van der Waals surface area contributed by atoms with E-state index < -0.39 is 0 Å². The van der Waals surface area contributed by atoms with Gasteiger partial charge in [0.05, 0.1) is 18.0 Å². The summed E-state index contributed by atoms with van der Waals surface area (Å²) in [5, 5.41) is 0.585. The van der Waals surface area contributed by atoms with E-state index in [1.807, 2.05) is 84.3 Å². The number of aromatic nitrogens is 4. The number of pyridine rings is 1. The zero-order valence-corrected chi connectivity index (χ0v) is 20.7. The molecule has 0 unspecified atom stereocenters. The molecule has 0 spiro atoms. The minimum atomic E-state index is -0.138. The van der Waals surface area contributed by atoms with Crippen LogP contribution < -0.4 is 10.3 Å². The number of para-hydroxylation sites is 1. The number of thioether (sulfide) groups is 1. The SMILES string of the molecule is CCOc1ccc(-n2c(=S)sc3c(=O)n(-c4ccccc4)c(SCc4ccccn4)nc32)cc1. The molecule has 0 amide bonds. The van der Waals surface area contributed by atoms with Gasteiger partial charge in [0.2, 0.25) is 0 Å². The van der Waals surface area contributed by atoms with Crippen molar-refractivity contribution in [1.29, 1.82) is 0 Å². The second-order valence-corrected chi connectivity index (χ2v) is 9.85. The topological polar surface area (TPSA) is 61.9 Å². The molecular formula is C25H20N4O2S3. The predicted octanol–water partition coefficient (Wildman–Crippen LogP) is 6.05. The zero-order valence-electron chi connectivity index (χ0n) is 18.2. The summed E-state index contributed by atoms with van der Waals surface area (Å²) in [7, 11) is 0. The molecule has 0 atom stereocenters. The summed E-state index contributed by atoms with van der Waals surface area (Å²) in [5.74, 6) is 1.36. The van der Waals surface area contributed by atoms with E-state index in [-0.39, 0.29) is 5.56 Å². The average Bonchev–Trinajstić information content (AvgIpc) is 3.21. The molecule has 9 heteroatoms. The highest BCUT2D eigenvalue weighted by Crippen LogP contribution is 2.29. The normalized spacial score (nSPS) is 11.1. The first-order valence-electron chi connectivity index (χ1n) is 10.7. The van der Waals surface area contributed by atoms with Gasteiger partial charge < -0.3 is 4.74 Å². The molecule has 5 rings (SSSR count). The maximum absolute atomic E-state index is 13.7. The van der Waals surface area contributed by atoms with Crippen molar-refractivity contribution < 1.29 is 4.74 Å². The third kappa shape index (κ3) is 4.42. The quantitative estimate of drug-likeness (QED) is 0.153. The van der Waals surface area contributed by atoms with E-state index in [1.165, 1.54) is 23.1 Å². The second-order valence-electron chi connectivity index (χ2n) is 7.26. The van der Waals surface area contributed by atoms with Crippen molar-refractivity contribution in [1.82, 2.24) is 19.1 Å². The van der Waals surface area contributed by atoms with Crippen LogP contribution in [-0.4, -0.2) is 25.7 Å². The van der Waals surface area contributed by atoms with Gasteiger partial charge in [-0.05, 0) is 67.7 Å². The monoisotopic (exact) mass is 504 g/mol. The molecule has 6 nitrogen and oxygen atoms in total. The minimum absolute atomic E-state index is 0.138. The highest BCUT2D eigenvalue weighted by atomic mass is 32.2. The highest BCUT2D eigenvalue weighted by molar-refractivity contribution is 7.98. The Hall–Kier alpha value is -3.27. The van der Waals surface area contributed by atoms with Gasteiger partial charge in [-0.2, -0.15) is 0 Å². The molecule has 0 aliphatic carbocycles. The fraction of sp³-hybridized carbons (Fsp3) is 0.120. The van der Waals surface area contributed by atoms with Gasteiger partial charge in [-0.3, -0.25) is 18.9 Å². The van der Waals surface area contributed by atoms with Crippen molar-refractivity contribution in [3.05, 3.63) is 99.0 Å². The molecule has 3 heterocycles. The lowest BCUT2D eigenvalue weighted by atomic mass is 10.3. The summed E-state index contributed by atoms with van der Waals surface area (Å²) in [6.45, 7) is 2.54. The third-order valence-corrected chi connectivity index (χ3v) is 7.40. The van der Waals surface area contributed by atoms with Gasteiger partial charge in [0.15, 0.2) is 14.8 Å². The van der Waals surface area contributed by atoms with Crippen LogP contribution in [0.25, 0.3) is 21.7 Å². The molecule has 0 saturated heterocycles. The average molecular weight is 505 g/mol. The molecule has 0 bridgehead atoms. The van der Waals surface area contributed by atoms with Crippen LogP contribution in [0, 0.1) is 3.95 Å². The number of thiazole rings is 1. The Morgan fingerprint density at radius 3 is 2.41 bits per heavy atom. The minimum Gasteiger partial charge on any atom is -0.494 e. The van der Waals surface area contributed by atoms with Gasteiger partial charge in [0.25, 0.3) is 5.56 Å². The van der Waals surface area contributed by atoms with Crippen molar-refractivity contribution in [2.45, 2.75) is 17.8 Å².